The summed E-state index contributed by atoms with van der Waals surface area (Å²) in [5, 5.41) is 3.48. The van der Waals surface area contributed by atoms with Crippen LogP contribution in [0.25, 0.3) is 16.6 Å². The van der Waals surface area contributed by atoms with Crippen molar-refractivity contribution >= 4 is 22.5 Å². The van der Waals surface area contributed by atoms with Crippen molar-refractivity contribution in [3.8, 4) is 5.69 Å². The van der Waals surface area contributed by atoms with Crippen LogP contribution in [0.3, 0.4) is 0 Å². The minimum absolute atomic E-state index is 0.111. The molecule has 3 aromatic carbocycles. The second-order valence-corrected chi connectivity index (χ2v) is 7.59. The van der Waals surface area contributed by atoms with E-state index in [1.807, 2.05) is 61.5 Å². The van der Waals surface area contributed by atoms with Crippen LogP contribution in [-0.4, -0.2) is 15.5 Å². The van der Waals surface area contributed by atoms with E-state index in [1.54, 1.807) is 22.8 Å². The fraction of sp³-hybridized carbons (Fsp3) is 0.160. The van der Waals surface area contributed by atoms with Crippen LogP contribution in [-0.2, 0) is 0 Å². The molecule has 0 aliphatic rings. The number of para-hydroxylation sites is 1. The number of hydrogen-bond acceptors (Lipinski definition) is 3. The quantitative estimate of drug-likeness (QED) is 0.523. The summed E-state index contributed by atoms with van der Waals surface area (Å²) in [6.07, 6.45) is 0. The van der Waals surface area contributed by atoms with E-state index in [4.69, 9.17) is 0 Å². The minimum atomic E-state index is -0.168. The van der Waals surface area contributed by atoms with Gasteiger partial charge in [-0.3, -0.25) is 14.2 Å². The molecular formula is C25H23N3O2. The highest BCUT2D eigenvalue weighted by Gasteiger charge is 2.11. The largest absolute Gasteiger partial charge is 0.322 e. The summed E-state index contributed by atoms with van der Waals surface area (Å²) in [4.78, 5) is 30.0. The van der Waals surface area contributed by atoms with Crippen molar-refractivity contribution in [1.82, 2.24) is 9.55 Å². The number of aryl methyl sites for hydroxylation is 1. The Bertz CT molecular complexity index is 1270. The number of aromatic nitrogens is 2. The van der Waals surface area contributed by atoms with Crippen LogP contribution >= 0.6 is 0 Å². The molecule has 0 aliphatic heterocycles. The van der Waals surface area contributed by atoms with Gasteiger partial charge in [0, 0.05) is 11.3 Å². The number of carbonyl (C=O) groups is 1. The van der Waals surface area contributed by atoms with Crippen LogP contribution in [0.1, 0.15) is 41.5 Å². The number of fused-ring (bicyclic) bond motifs is 1. The average Bonchev–Trinajstić information content (AvgIpc) is 2.75. The molecule has 5 nitrogen and oxygen atoms in total. The number of amides is 1. The molecule has 1 heterocycles. The van der Waals surface area contributed by atoms with Crippen molar-refractivity contribution < 1.29 is 4.79 Å². The maximum Gasteiger partial charge on any atom is 0.265 e. The second-order valence-electron chi connectivity index (χ2n) is 7.59. The predicted octanol–water partition coefficient (Wildman–Crippen LogP) is 5.07. The summed E-state index contributed by atoms with van der Waals surface area (Å²) in [5.74, 6) is 0.866. The summed E-state index contributed by atoms with van der Waals surface area (Å²) >= 11 is 0. The number of rotatable bonds is 4. The Morgan fingerprint density at radius 1 is 0.933 bits per heavy atom. The third kappa shape index (κ3) is 3.74. The standard InChI is InChI=1S/C25H23N3O2/c1-16(2)18-8-10-19(11-9-18)24(29)27-20-12-14-21(15-13-20)28-17(3)26-23-7-5-4-6-22(23)25(28)30/h4-16H,1-3H3,(H,27,29). The highest BCUT2D eigenvalue weighted by Crippen LogP contribution is 2.18. The topological polar surface area (TPSA) is 64.0 Å². The predicted molar refractivity (Wildman–Crippen MR) is 121 cm³/mol. The maximum absolute atomic E-state index is 12.9. The van der Waals surface area contributed by atoms with Crippen LogP contribution in [0.2, 0.25) is 0 Å². The van der Waals surface area contributed by atoms with E-state index in [2.05, 4.69) is 24.1 Å². The van der Waals surface area contributed by atoms with Crippen LogP contribution in [0.5, 0.6) is 0 Å². The van der Waals surface area contributed by atoms with Crippen LogP contribution in [0.15, 0.2) is 77.6 Å². The van der Waals surface area contributed by atoms with Gasteiger partial charge in [0.25, 0.3) is 11.5 Å². The summed E-state index contributed by atoms with van der Waals surface area (Å²) < 4.78 is 1.58. The van der Waals surface area contributed by atoms with E-state index < -0.39 is 0 Å². The van der Waals surface area contributed by atoms with Gasteiger partial charge in [-0.25, -0.2) is 4.98 Å². The van der Waals surface area contributed by atoms with Gasteiger partial charge in [-0.15, -0.1) is 0 Å². The molecule has 0 bridgehead atoms. The van der Waals surface area contributed by atoms with Gasteiger partial charge >= 0.3 is 0 Å². The van der Waals surface area contributed by atoms with Crippen molar-refractivity contribution in [2.24, 2.45) is 0 Å². The Morgan fingerprint density at radius 3 is 2.27 bits per heavy atom. The fourth-order valence-electron chi connectivity index (χ4n) is 3.46. The molecule has 4 aromatic rings. The third-order valence-electron chi connectivity index (χ3n) is 5.17. The third-order valence-corrected chi connectivity index (χ3v) is 5.17. The first-order valence-corrected chi connectivity index (χ1v) is 9.94. The SMILES string of the molecule is Cc1nc2ccccc2c(=O)n1-c1ccc(NC(=O)c2ccc(C(C)C)cc2)cc1. The lowest BCUT2D eigenvalue weighted by molar-refractivity contribution is 0.102. The van der Waals surface area contributed by atoms with Gasteiger partial charge in [-0.2, -0.15) is 0 Å². The number of hydrogen-bond donors (Lipinski definition) is 1. The highest BCUT2D eigenvalue weighted by molar-refractivity contribution is 6.04. The number of anilines is 1. The molecule has 150 valence electrons. The summed E-state index contributed by atoms with van der Waals surface area (Å²) in [6, 6.07) is 22.1. The van der Waals surface area contributed by atoms with Gasteiger partial charge < -0.3 is 5.32 Å². The second kappa shape index (κ2) is 7.95. The van der Waals surface area contributed by atoms with Crippen molar-refractivity contribution in [3.05, 3.63) is 100 Å². The Morgan fingerprint density at radius 2 is 1.60 bits per heavy atom. The number of nitrogens with one attached hydrogen (secondary N) is 1. The molecule has 5 heteroatoms. The zero-order chi connectivity index (χ0) is 21.3. The Balaban J connectivity index is 1.58. The summed E-state index contributed by atoms with van der Waals surface area (Å²) in [6.45, 7) is 6.05. The van der Waals surface area contributed by atoms with Gasteiger partial charge in [0.1, 0.15) is 5.82 Å². The summed E-state index contributed by atoms with van der Waals surface area (Å²) in [5.41, 5.74) is 3.74. The normalized spacial score (nSPS) is 11.1. The zero-order valence-corrected chi connectivity index (χ0v) is 17.2. The molecule has 0 fully saturated rings. The Kier molecular flexibility index (Phi) is 5.19. The molecule has 0 unspecified atom stereocenters. The molecule has 1 aromatic heterocycles. The molecule has 0 radical (unpaired) electrons. The molecule has 0 aliphatic carbocycles. The van der Waals surface area contributed by atoms with E-state index in [1.165, 1.54) is 5.56 Å². The zero-order valence-electron chi connectivity index (χ0n) is 17.2. The number of benzene rings is 3. The Labute approximate surface area is 175 Å². The smallest absolute Gasteiger partial charge is 0.265 e. The fourth-order valence-corrected chi connectivity index (χ4v) is 3.46. The molecule has 4 rings (SSSR count). The van der Waals surface area contributed by atoms with Crippen LogP contribution in [0, 0.1) is 6.92 Å². The molecule has 0 spiro atoms. The van der Waals surface area contributed by atoms with E-state index in [0.29, 0.717) is 39.6 Å². The number of nitrogens with zero attached hydrogens (tertiary/aromatic N) is 2. The lowest BCUT2D eigenvalue weighted by atomic mass is 10.0. The lowest BCUT2D eigenvalue weighted by Gasteiger charge is -2.12. The van der Waals surface area contributed by atoms with Gasteiger partial charge in [0.2, 0.25) is 0 Å². The molecule has 0 atom stereocenters. The molecule has 0 saturated carbocycles. The van der Waals surface area contributed by atoms with E-state index >= 15 is 0 Å². The van der Waals surface area contributed by atoms with Gasteiger partial charge in [0.05, 0.1) is 16.6 Å². The first-order chi connectivity index (χ1) is 14.4. The molecule has 0 saturated heterocycles. The van der Waals surface area contributed by atoms with Crippen molar-refractivity contribution in [2.45, 2.75) is 26.7 Å². The highest BCUT2D eigenvalue weighted by atomic mass is 16.1. The first kappa shape index (κ1) is 19.6. The molecule has 1 amide bonds. The van der Waals surface area contributed by atoms with Crippen molar-refractivity contribution in [3.63, 3.8) is 0 Å². The van der Waals surface area contributed by atoms with Gasteiger partial charge in [-0.1, -0.05) is 38.1 Å². The summed E-state index contributed by atoms with van der Waals surface area (Å²) in [7, 11) is 0. The van der Waals surface area contributed by atoms with E-state index in [0.717, 1.165) is 0 Å². The van der Waals surface area contributed by atoms with Crippen molar-refractivity contribution in [2.75, 3.05) is 5.32 Å². The Hall–Kier alpha value is -3.73. The van der Waals surface area contributed by atoms with Gasteiger partial charge in [0.15, 0.2) is 0 Å². The van der Waals surface area contributed by atoms with E-state index in [9.17, 15) is 9.59 Å². The molecule has 1 N–H and O–H groups in total. The maximum atomic E-state index is 12.9. The monoisotopic (exact) mass is 397 g/mol. The first-order valence-electron chi connectivity index (χ1n) is 9.94. The van der Waals surface area contributed by atoms with Crippen molar-refractivity contribution in [1.29, 1.82) is 0 Å². The lowest BCUT2D eigenvalue weighted by Crippen LogP contribution is -2.22. The minimum Gasteiger partial charge on any atom is -0.322 e. The van der Waals surface area contributed by atoms with Gasteiger partial charge in [-0.05, 0) is 66.9 Å². The molecule has 30 heavy (non-hydrogen) atoms. The number of carbonyl (C=O) groups excluding carboxylic acids is 1. The molecular weight excluding hydrogens is 374 g/mol. The van der Waals surface area contributed by atoms with Crippen LogP contribution < -0.4 is 10.9 Å². The van der Waals surface area contributed by atoms with Crippen LogP contribution in [0.4, 0.5) is 5.69 Å². The average molecular weight is 397 g/mol. The van der Waals surface area contributed by atoms with E-state index in [-0.39, 0.29) is 11.5 Å².